The predicted molar refractivity (Wildman–Crippen MR) is 509 cm³/mol. The largest absolute Gasteiger partial charge is 0.472 e. The van der Waals surface area contributed by atoms with Gasteiger partial charge in [0.15, 0.2) is 6.10 Å². The average molecular weight is 1730 g/mol. The van der Waals surface area contributed by atoms with Gasteiger partial charge in [0.1, 0.15) is 25.4 Å². The molecule has 4 N–H and O–H groups in total. The van der Waals surface area contributed by atoms with Crippen molar-refractivity contribution in [2.24, 2.45) is 0 Å². The fourth-order valence-corrected chi connectivity index (χ4v) is 14.0. The molecule has 5 unspecified atom stereocenters. The van der Waals surface area contributed by atoms with Crippen LogP contribution in [0, 0.1) is 0 Å². The van der Waals surface area contributed by atoms with Crippen molar-refractivity contribution >= 4 is 33.6 Å². The first kappa shape index (κ1) is 115. The Morgan fingerprint density at radius 1 is 0.231 bits per heavy atom. The van der Waals surface area contributed by atoms with Crippen molar-refractivity contribution in [1.82, 2.24) is 0 Å². The van der Waals surface area contributed by atoms with Crippen molar-refractivity contribution in [3.8, 4) is 0 Å². The molecule has 0 saturated carbocycles. The van der Waals surface area contributed by atoms with Gasteiger partial charge in [-0.25, -0.2) is 9.13 Å². The number of allylic oxidation sites excluding steroid dienone is 34. The van der Waals surface area contributed by atoms with Crippen LogP contribution < -0.4 is 0 Å². The smallest absolute Gasteiger partial charge is 0.463 e. The summed E-state index contributed by atoms with van der Waals surface area (Å²) in [6.07, 6.45) is 126. The Morgan fingerprint density at radius 2 is 0.413 bits per heavy atom. The number of carbonyl (C=O) groups excluding carboxylic acids is 3. The molecule has 0 heterocycles. The number of ether oxygens (including phenoxy) is 3. The molecule has 688 valence electrons. The van der Waals surface area contributed by atoms with Crippen LogP contribution in [0.25, 0.3) is 0 Å². The second-order valence-electron chi connectivity index (χ2n) is 31.0. The number of hydrogen-bond acceptors (Lipinski definition) is 14. The molecule has 121 heavy (non-hydrogen) atoms. The van der Waals surface area contributed by atoms with Gasteiger partial charge in [-0.2, -0.15) is 0 Å². The van der Waals surface area contributed by atoms with Gasteiger partial charge in [0.05, 0.1) is 26.4 Å². The van der Waals surface area contributed by atoms with Gasteiger partial charge in [-0.15, -0.1) is 0 Å². The van der Waals surface area contributed by atoms with Crippen LogP contribution >= 0.6 is 15.6 Å². The number of aliphatic hydroxyl groups is 2. The molecule has 5 atom stereocenters. The molecule has 0 fully saturated rings. The molecule has 16 nitrogen and oxygen atoms in total. The van der Waals surface area contributed by atoms with Crippen LogP contribution in [0.2, 0.25) is 0 Å². The molecule has 0 aromatic carbocycles. The summed E-state index contributed by atoms with van der Waals surface area (Å²) in [6, 6.07) is 0. The van der Waals surface area contributed by atoms with E-state index in [1.54, 1.807) is 0 Å². The third kappa shape index (κ3) is 94.6. The van der Waals surface area contributed by atoms with Crippen LogP contribution in [-0.4, -0.2) is 95.9 Å². The summed E-state index contributed by atoms with van der Waals surface area (Å²) < 4.78 is 61.6. The summed E-state index contributed by atoms with van der Waals surface area (Å²) in [7, 11) is -9.83. The summed E-state index contributed by atoms with van der Waals surface area (Å²) in [5, 5.41) is 20.8. The highest BCUT2D eigenvalue weighted by Crippen LogP contribution is 2.45. The minimum Gasteiger partial charge on any atom is -0.463 e. The van der Waals surface area contributed by atoms with Gasteiger partial charge in [-0.3, -0.25) is 32.5 Å². The minimum absolute atomic E-state index is 0.0846. The fourth-order valence-electron chi connectivity index (χ4n) is 12.4. The zero-order valence-electron chi connectivity index (χ0n) is 75.9. The molecule has 0 amide bonds. The standard InChI is InChI=1S/C103H170O16P2/c1-4-7-10-13-16-19-22-25-28-31-34-37-40-43-46-47-48-49-52-54-56-59-62-65-68-71-74-77-80-83-86-89-101(106)113-92-98(104)93-115-120(109,110)116-94-99(105)95-117-121(111,112)118-97-100(119-103(108)91-88-85-82-79-76-73-70-67-64-61-58-55-51-45-42-39-36-33-30-27-24-21-18-15-12-9-6-3)96-114-102(107)90-87-84-81-78-75-72-69-66-63-60-57-53-50-44-41-38-35-32-29-26-23-20-17-14-11-8-5-2/h7-12,16-21,25-30,34-39,43-46,50-51,57-58,60-61,98-100,104-105H,4-6,13-15,22-24,31-33,40-42,47-49,52-56,59,62-97H2,1-3H3,(H,109,110)(H,111,112)/b10-7-,11-8-,12-9-,19-16-,20-17-,21-18-,28-25-,29-26-,30-27-,37-34-,38-35-,39-36-,46-43-,50-44-,51-45-,60-57-,61-58-. The first-order valence-corrected chi connectivity index (χ1v) is 50.4. The zero-order chi connectivity index (χ0) is 87.9. The summed E-state index contributed by atoms with van der Waals surface area (Å²) in [5.41, 5.74) is 0. The molecule has 0 aliphatic heterocycles. The minimum atomic E-state index is -4.96. The van der Waals surface area contributed by atoms with E-state index in [0.717, 1.165) is 225 Å². The van der Waals surface area contributed by atoms with Gasteiger partial charge < -0.3 is 34.2 Å². The number of phosphoric acid groups is 2. The topological polar surface area (TPSA) is 231 Å². The van der Waals surface area contributed by atoms with Crippen molar-refractivity contribution in [2.75, 3.05) is 39.6 Å². The van der Waals surface area contributed by atoms with E-state index in [-0.39, 0.29) is 19.3 Å². The number of phosphoric ester groups is 2. The number of unbranched alkanes of at least 4 members (excludes halogenated alkanes) is 31. The molecule has 0 radical (unpaired) electrons. The molecule has 0 rings (SSSR count). The monoisotopic (exact) mass is 1730 g/mol. The number of hydrogen-bond donors (Lipinski definition) is 4. The number of carbonyl (C=O) groups is 3. The van der Waals surface area contributed by atoms with Crippen LogP contribution in [0.4, 0.5) is 0 Å². The van der Waals surface area contributed by atoms with Gasteiger partial charge in [0.2, 0.25) is 0 Å². The Kier molecular flexibility index (Phi) is 88.8. The second kappa shape index (κ2) is 93.3. The lowest BCUT2D eigenvalue weighted by atomic mass is 10.0. The van der Waals surface area contributed by atoms with Crippen molar-refractivity contribution in [2.45, 2.75) is 386 Å². The molecule has 0 saturated heterocycles. The molecular formula is C103H170O16P2. The van der Waals surface area contributed by atoms with Gasteiger partial charge in [-0.05, 0) is 167 Å². The molecule has 0 aromatic rings. The van der Waals surface area contributed by atoms with Crippen LogP contribution in [0.15, 0.2) is 207 Å². The summed E-state index contributed by atoms with van der Waals surface area (Å²) in [5.74, 6) is -1.60. The molecule has 0 aliphatic rings. The summed E-state index contributed by atoms with van der Waals surface area (Å²) in [6.45, 7) is 2.35. The highest BCUT2D eigenvalue weighted by molar-refractivity contribution is 7.47. The molecule has 0 aliphatic carbocycles. The lowest BCUT2D eigenvalue weighted by Crippen LogP contribution is -2.30. The maximum atomic E-state index is 13.1. The summed E-state index contributed by atoms with van der Waals surface area (Å²) in [4.78, 5) is 59.1. The van der Waals surface area contributed by atoms with Crippen molar-refractivity contribution in [1.29, 1.82) is 0 Å². The van der Waals surface area contributed by atoms with Crippen LogP contribution in [-0.2, 0) is 55.8 Å². The zero-order valence-corrected chi connectivity index (χ0v) is 77.7. The van der Waals surface area contributed by atoms with E-state index in [2.05, 4.69) is 227 Å². The van der Waals surface area contributed by atoms with E-state index in [9.17, 15) is 43.5 Å². The van der Waals surface area contributed by atoms with Gasteiger partial charge in [0.25, 0.3) is 0 Å². The van der Waals surface area contributed by atoms with E-state index >= 15 is 0 Å². The second-order valence-corrected chi connectivity index (χ2v) is 33.9. The summed E-state index contributed by atoms with van der Waals surface area (Å²) >= 11 is 0. The van der Waals surface area contributed by atoms with Gasteiger partial charge >= 0.3 is 33.6 Å². The van der Waals surface area contributed by atoms with Gasteiger partial charge in [0, 0.05) is 19.3 Å². The highest BCUT2D eigenvalue weighted by atomic mass is 31.2. The Morgan fingerprint density at radius 3 is 0.653 bits per heavy atom. The number of rotatable bonds is 88. The third-order valence-corrected chi connectivity index (χ3v) is 21.4. The maximum absolute atomic E-state index is 13.1. The lowest BCUT2D eigenvalue weighted by molar-refractivity contribution is -0.161. The first-order chi connectivity index (χ1) is 59.2. The van der Waals surface area contributed by atoms with Crippen LogP contribution in [0.1, 0.15) is 367 Å². The molecular weight excluding hydrogens is 1560 g/mol. The lowest BCUT2D eigenvalue weighted by Gasteiger charge is -2.21. The molecule has 0 bridgehead atoms. The molecule has 0 aromatic heterocycles. The Balaban J connectivity index is 4.67. The fraction of sp³-hybridized carbons (Fsp3) is 0.641. The van der Waals surface area contributed by atoms with E-state index in [1.807, 2.05) is 0 Å². The quantitative estimate of drug-likeness (QED) is 0.0146. The Bertz CT molecular complexity index is 3030. The molecule has 18 heteroatoms. The molecule has 0 spiro atoms. The first-order valence-electron chi connectivity index (χ1n) is 47.4. The van der Waals surface area contributed by atoms with E-state index in [4.69, 9.17) is 32.3 Å². The van der Waals surface area contributed by atoms with E-state index in [1.165, 1.54) is 83.5 Å². The van der Waals surface area contributed by atoms with Crippen molar-refractivity contribution in [3.63, 3.8) is 0 Å². The van der Waals surface area contributed by atoms with Gasteiger partial charge in [-0.1, -0.05) is 388 Å². The third-order valence-electron chi connectivity index (χ3n) is 19.5. The van der Waals surface area contributed by atoms with Crippen LogP contribution in [0.3, 0.4) is 0 Å². The number of esters is 3. The maximum Gasteiger partial charge on any atom is 0.472 e. The highest BCUT2D eigenvalue weighted by Gasteiger charge is 2.29. The number of aliphatic hydroxyl groups excluding tert-OH is 2. The SMILES string of the molecule is CC/C=C\C/C=C\C/C=C\C/C=C\C/C=C\C/C=C\CCCCCCCCCCC(=O)OCC(COP(=O)(O)OCC(O)COP(=O)(O)OCC(O)COC(=O)CCCCCCCCCCCCCCCCC/C=C\C/C=C\C/C=C\C/C=C\C/C=C\CC)OC(=O)CCCCCCCCCC/C=C\C/C=C\C/C=C\C/C=C\C/C=C\C/C=C\CC. The average Bonchev–Trinajstić information content (AvgIpc) is 0.894. The van der Waals surface area contributed by atoms with Crippen molar-refractivity contribution < 1.29 is 75.8 Å². The van der Waals surface area contributed by atoms with E-state index in [0.29, 0.717) is 19.3 Å². The normalized spacial score (nSPS) is 14.7. The van der Waals surface area contributed by atoms with E-state index < -0.39 is 91.5 Å². The Labute approximate surface area is 737 Å². The Hall–Kier alpha value is -5.87. The van der Waals surface area contributed by atoms with Crippen molar-refractivity contribution in [3.05, 3.63) is 207 Å². The predicted octanol–water partition coefficient (Wildman–Crippen LogP) is 29.6. The van der Waals surface area contributed by atoms with Crippen LogP contribution in [0.5, 0.6) is 0 Å².